The first-order valence-electron chi connectivity index (χ1n) is 3.82. The fourth-order valence-electron chi connectivity index (χ4n) is 1.29. The Balaban J connectivity index is 2.84. The van der Waals surface area contributed by atoms with Gasteiger partial charge in [0.1, 0.15) is 0 Å². The summed E-state index contributed by atoms with van der Waals surface area (Å²) in [6, 6.07) is 3.53. The van der Waals surface area contributed by atoms with Gasteiger partial charge in [-0.05, 0) is 30.7 Å². The van der Waals surface area contributed by atoms with Crippen LogP contribution in [0, 0.1) is 0 Å². The van der Waals surface area contributed by atoms with E-state index < -0.39 is 0 Å². The molecule has 13 heavy (non-hydrogen) atoms. The topological polar surface area (TPSA) is 34.4 Å². The van der Waals surface area contributed by atoms with Crippen molar-refractivity contribution in [3.8, 4) is 0 Å². The molecule has 0 saturated heterocycles. The quantitative estimate of drug-likeness (QED) is 0.653. The lowest BCUT2D eigenvalue weighted by Crippen LogP contribution is -1.95. The number of Topliss-reactive ketones (excluding diaryl/α,β-unsaturated/α-hetero) is 1. The van der Waals surface area contributed by atoms with Crippen LogP contribution in [0.5, 0.6) is 0 Å². The van der Waals surface area contributed by atoms with Crippen molar-refractivity contribution < 1.29 is 4.79 Å². The highest BCUT2D eigenvalue weighted by molar-refractivity contribution is 6.28. The number of nitrogens with zero attached hydrogens (tertiary/aromatic N) is 2. The maximum atomic E-state index is 11.2. The first kappa shape index (κ1) is 8.26. The molecule has 0 radical (unpaired) electrons. The molecule has 0 aromatic carbocycles. The molecule has 0 unspecified atom stereocenters. The van der Waals surface area contributed by atoms with Gasteiger partial charge in [0.05, 0.1) is 11.7 Å². The van der Waals surface area contributed by atoms with Crippen molar-refractivity contribution in [3.63, 3.8) is 0 Å². The van der Waals surface area contributed by atoms with Crippen molar-refractivity contribution >= 4 is 22.9 Å². The van der Waals surface area contributed by atoms with E-state index in [0.717, 1.165) is 5.52 Å². The van der Waals surface area contributed by atoms with Crippen LogP contribution >= 0.6 is 11.6 Å². The molecule has 0 aliphatic rings. The fourth-order valence-corrected chi connectivity index (χ4v) is 1.48. The van der Waals surface area contributed by atoms with E-state index in [1.165, 1.54) is 6.92 Å². The molecule has 0 amide bonds. The molecule has 0 aliphatic carbocycles. The van der Waals surface area contributed by atoms with Gasteiger partial charge >= 0.3 is 0 Å². The van der Waals surface area contributed by atoms with E-state index in [-0.39, 0.29) is 5.78 Å². The molecule has 0 aliphatic heterocycles. The second-order valence-corrected chi connectivity index (χ2v) is 3.10. The molecule has 0 bridgehead atoms. The molecule has 0 fully saturated rings. The Morgan fingerprint density at radius 2 is 2.38 bits per heavy atom. The van der Waals surface area contributed by atoms with Gasteiger partial charge in [0.15, 0.2) is 5.78 Å². The lowest BCUT2D eigenvalue weighted by Gasteiger charge is -1.98. The summed E-state index contributed by atoms with van der Waals surface area (Å²) in [5, 5.41) is 0.373. The number of carbonyl (C=O) groups is 1. The third-order valence-corrected chi connectivity index (χ3v) is 2.18. The van der Waals surface area contributed by atoms with Crippen molar-refractivity contribution in [1.29, 1.82) is 0 Å². The number of rotatable bonds is 1. The lowest BCUT2D eigenvalue weighted by molar-refractivity contribution is 0.101. The summed E-state index contributed by atoms with van der Waals surface area (Å²) in [5.74, 6) is 0.0159. The van der Waals surface area contributed by atoms with Gasteiger partial charge in [-0.3, -0.25) is 9.20 Å². The second kappa shape index (κ2) is 2.85. The number of aromatic nitrogens is 2. The summed E-state index contributed by atoms with van der Waals surface area (Å²) in [6.07, 6.45) is 3.37. The minimum Gasteiger partial charge on any atom is -0.294 e. The van der Waals surface area contributed by atoms with Gasteiger partial charge in [0.2, 0.25) is 5.28 Å². The molecule has 0 atom stereocenters. The summed E-state index contributed by atoms with van der Waals surface area (Å²) in [7, 11) is 0. The van der Waals surface area contributed by atoms with Crippen LogP contribution in [0.3, 0.4) is 0 Å². The third kappa shape index (κ3) is 1.21. The van der Waals surface area contributed by atoms with Gasteiger partial charge in [-0.1, -0.05) is 0 Å². The van der Waals surface area contributed by atoms with Crippen molar-refractivity contribution in [2.24, 2.45) is 0 Å². The molecular formula is C9H7ClN2O. The minimum atomic E-state index is 0.0159. The monoisotopic (exact) mass is 194 g/mol. The smallest absolute Gasteiger partial charge is 0.207 e. The Labute approximate surface area is 80.0 Å². The molecule has 0 N–H and O–H groups in total. The van der Waals surface area contributed by atoms with Crippen molar-refractivity contribution in [1.82, 2.24) is 9.38 Å². The molecular weight excluding hydrogens is 188 g/mol. The highest BCUT2D eigenvalue weighted by Gasteiger charge is 2.07. The van der Waals surface area contributed by atoms with E-state index in [0.29, 0.717) is 10.8 Å². The zero-order valence-electron chi connectivity index (χ0n) is 6.99. The number of hydrogen-bond donors (Lipinski definition) is 0. The summed E-state index contributed by atoms with van der Waals surface area (Å²) >= 11 is 5.79. The largest absolute Gasteiger partial charge is 0.294 e. The predicted molar refractivity (Wildman–Crippen MR) is 50.2 cm³/mol. The number of fused-ring (bicyclic) bond motifs is 1. The van der Waals surface area contributed by atoms with E-state index in [2.05, 4.69) is 4.98 Å². The zero-order valence-corrected chi connectivity index (χ0v) is 7.75. The van der Waals surface area contributed by atoms with Gasteiger partial charge in [-0.15, -0.1) is 0 Å². The number of imidazole rings is 1. The van der Waals surface area contributed by atoms with Crippen LogP contribution < -0.4 is 0 Å². The second-order valence-electron chi connectivity index (χ2n) is 2.76. The summed E-state index contributed by atoms with van der Waals surface area (Å²) in [6.45, 7) is 1.52. The zero-order chi connectivity index (χ0) is 9.42. The maximum Gasteiger partial charge on any atom is 0.207 e. The SMILES string of the molecule is CC(=O)c1cccn2c(Cl)ncc12. The molecule has 0 saturated carbocycles. The van der Waals surface area contributed by atoms with Crippen molar-refractivity contribution in [2.75, 3.05) is 0 Å². The van der Waals surface area contributed by atoms with Crippen LogP contribution in [0.2, 0.25) is 5.28 Å². The van der Waals surface area contributed by atoms with Gasteiger partial charge in [0.25, 0.3) is 0 Å². The highest BCUT2D eigenvalue weighted by Crippen LogP contribution is 2.15. The van der Waals surface area contributed by atoms with Gasteiger partial charge in [-0.2, -0.15) is 0 Å². The van der Waals surface area contributed by atoms with Crippen molar-refractivity contribution in [2.45, 2.75) is 6.92 Å². The minimum absolute atomic E-state index is 0.0159. The normalized spacial score (nSPS) is 10.6. The molecule has 2 aromatic rings. The van der Waals surface area contributed by atoms with Crippen LogP contribution in [0.1, 0.15) is 17.3 Å². The Bertz CT molecular complexity index is 475. The molecule has 2 rings (SSSR count). The first-order valence-corrected chi connectivity index (χ1v) is 4.20. The Hall–Kier alpha value is -1.35. The Kier molecular flexibility index (Phi) is 1.81. The number of hydrogen-bond acceptors (Lipinski definition) is 2. The third-order valence-electron chi connectivity index (χ3n) is 1.90. The fraction of sp³-hybridized carbons (Fsp3) is 0.111. The average molecular weight is 195 g/mol. The van der Waals surface area contributed by atoms with Crippen molar-refractivity contribution in [3.05, 3.63) is 35.4 Å². The highest BCUT2D eigenvalue weighted by atomic mass is 35.5. The van der Waals surface area contributed by atoms with E-state index in [1.54, 1.807) is 28.9 Å². The summed E-state index contributed by atoms with van der Waals surface area (Å²) in [5.41, 5.74) is 1.39. The molecule has 2 aromatic heterocycles. The Morgan fingerprint density at radius 3 is 3.08 bits per heavy atom. The van der Waals surface area contributed by atoms with Gasteiger partial charge < -0.3 is 0 Å². The van der Waals surface area contributed by atoms with E-state index in [9.17, 15) is 4.79 Å². The number of ketones is 1. The lowest BCUT2D eigenvalue weighted by atomic mass is 10.2. The van der Waals surface area contributed by atoms with Crippen LogP contribution in [0.25, 0.3) is 5.52 Å². The summed E-state index contributed by atoms with van der Waals surface area (Å²) in [4.78, 5) is 15.1. The maximum absolute atomic E-state index is 11.2. The number of halogens is 1. The van der Waals surface area contributed by atoms with E-state index >= 15 is 0 Å². The van der Waals surface area contributed by atoms with Crippen LogP contribution in [-0.4, -0.2) is 15.2 Å². The summed E-state index contributed by atoms with van der Waals surface area (Å²) < 4.78 is 1.68. The standard InChI is InChI=1S/C9H7ClN2O/c1-6(13)7-3-2-4-12-8(7)5-11-9(12)10/h2-5H,1H3. The predicted octanol–water partition coefficient (Wildman–Crippen LogP) is 2.19. The molecule has 4 heteroatoms. The van der Waals surface area contributed by atoms with Crippen LogP contribution in [0.15, 0.2) is 24.5 Å². The molecule has 2 heterocycles. The molecule has 0 spiro atoms. The van der Waals surface area contributed by atoms with Gasteiger partial charge in [0, 0.05) is 11.8 Å². The molecule has 66 valence electrons. The van der Waals surface area contributed by atoms with Crippen LogP contribution in [0.4, 0.5) is 0 Å². The van der Waals surface area contributed by atoms with E-state index in [1.807, 2.05) is 0 Å². The van der Waals surface area contributed by atoms with E-state index in [4.69, 9.17) is 11.6 Å². The molecule has 3 nitrogen and oxygen atoms in total. The first-order chi connectivity index (χ1) is 6.20. The number of pyridine rings is 1. The number of carbonyl (C=O) groups excluding carboxylic acids is 1. The van der Waals surface area contributed by atoms with Gasteiger partial charge in [-0.25, -0.2) is 4.98 Å². The average Bonchev–Trinajstić information content (AvgIpc) is 2.48. The van der Waals surface area contributed by atoms with Crippen LogP contribution in [-0.2, 0) is 0 Å². The Morgan fingerprint density at radius 1 is 1.62 bits per heavy atom.